The number of H-pyrrole nitrogens is 2. The van der Waals surface area contributed by atoms with Crippen LogP contribution in [-0.2, 0) is 9.59 Å². The first kappa shape index (κ1) is 35.0. The molecule has 0 aliphatic heterocycles. The van der Waals surface area contributed by atoms with Crippen molar-refractivity contribution in [3.63, 3.8) is 0 Å². The first-order valence-corrected chi connectivity index (χ1v) is 11.4. The maximum atomic E-state index is 13.6. The number of aliphatic carboxylic acids is 2. The molecule has 9 nitrogen and oxygen atoms in total. The highest BCUT2D eigenvalue weighted by atomic mass is 19.4. The van der Waals surface area contributed by atoms with Crippen molar-refractivity contribution in [2.45, 2.75) is 24.6 Å². The molecular weight excluding hydrogens is 626 g/mol. The number of amides is 1. The van der Waals surface area contributed by atoms with E-state index in [-0.39, 0.29) is 11.5 Å². The Morgan fingerprint density at radius 1 is 0.795 bits per heavy atom. The van der Waals surface area contributed by atoms with Crippen LogP contribution in [0, 0.1) is 5.82 Å². The van der Waals surface area contributed by atoms with E-state index in [4.69, 9.17) is 19.8 Å². The van der Waals surface area contributed by atoms with Gasteiger partial charge in [0.25, 0.3) is 0 Å². The third kappa shape index (κ3) is 9.66. The molecule has 4 rings (SSSR count). The molecule has 3 N–H and O–H groups in total. The monoisotopic (exact) mass is 642 g/mol. The number of halogens is 10. The van der Waals surface area contributed by atoms with Gasteiger partial charge < -0.3 is 25.1 Å². The molecule has 0 aliphatic rings. The van der Waals surface area contributed by atoms with Crippen molar-refractivity contribution in [2.24, 2.45) is 0 Å². The molecule has 0 radical (unpaired) electrons. The number of hydrogen-bond donors (Lipinski definition) is 2. The van der Waals surface area contributed by atoms with Crippen molar-refractivity contribution >= 4 is 23.4 Å². The second-order valence-corrected chi connectivity index (χ2v) is 8.15. The van der Waals surface area contributed by atoms with E-state index in [1.165, 1.54) is 47.0 Å². The van der Waals surface area contributed by atoms with Crippen molar-refractivity contribution in [1.29, 1.82) is 0 Å². The van der Waals surface area contributed by atoms with Gasteiger partial charge in [-0.25, -0.2) is 14.4 Å². The van der Waals surface area contributed by atoms with Crippen LogP contribution in [0.5, 0.6) is 0 Å². The highest BCUT2D eigenvalue weighted by molar-refractivity contribution is 5.91. The lowest BCUT2D eigenvalue weighted by Gasteiger charge is -2.17. The minimum atomic E-state index is -5.19. The standard InChI is InChI=1S/C21H14F4N4O.2C2HF3O2/c22-14-9-7-13(8-10-14)17-16-6-2-4-12-29(16)19(27-17)20(30)28-18(21(23,24)25)15-5-1-3-11-26-15;2*3-2(4,5)1(6)7/h1-12,18H,(H,28,30);2*(H,6,7). The van der Waals surface area contributed by atoms with E-state index in [9.17, 15) is 48.7 Å². The number of benzene rings is 1. The molecule has 4 aromatic rings. The molecule has 1 unspecified atom stereocenters. The number of carbonyl (C=O) groups excluding carboxylic acids is 3. The SMILES string of the molecule is O=C(NC(c1cccc[nH+]1)C(F)(F)F)c1[nH]c(-c2ccc(F)cc2)c2cccc[n+]12.O=C([O-])C(F)(F)F.O=C([O-])C(F)(F)F. The molecule has 236 valence electrons. The molecule has 0 saturated carbocycles. The van der Waals surface area contributed by atoms with Gasteiger partial charge in [-0.3, -0.25) is 4.79 Å². The van der Waals surface area contributed by atoms with Gasteiger partial charge in [0.1, 0.15) is 17.8 Å². The highest BCUT2D eigenvalue weighted by Gasteiger charge is 2.46. The first-order valence-electron chi connectivity index (χ1n) is 11.4. The van der Waals surface area contributed by atoms with Gasteiger partial charge in [0, 0.05) is 17.7 Å². The number of alkyl halides is 9. The van der Waals surface area contributed by atoms with E-state index in [0.717, 1.165) is 0 Å². The molecule has 3 aromatic heterocycles. The van der Waals surface area contributed by atoms with Crippen LogP contribution < -0.4 is 24.9 Å². The number of carboxylic acid groups (broad SMARTS) is 2. The Kier molecular flexibility index (Phi) is 11.0. The van der Waals surface area contributed by atoms with Crippen LogP contribution in [0.3, 0.4) is 0 Å². The van der Waals surface area contributed by atoms with Gasteiger partial charge in [0.05, 0.1) is 6.20 Å². The zero-order valence-corrected chi connectivity index (χ0v) is 21.3. The Morgan fingerprint density at radius 3 is 1.77 bits per heavy atom. The zero-order valence-electron chi connectivity index (χ0n) is 21.3. The van der Waals surface area contributed by atoms with Crippen LogP contribution >= 0.6 is 0 Å². The summed E-state index contributed by atoms with van der Waals surface area (Å²) in [5.41, 5.74) is 1.43. The van der Waals surface area contributed by atoms with Crippen molar-refractivity contribution in [2.75, 3.05) is 0 Å². The predicted octanol–water partition coefficient (Wildman–Crippen LogP) is 2.00. The largest absolute Gasteiger partial charge is 0.542 e. The predicted molar refractivity (Wildman–Crippen MR) is 121 cm³/mol. The Bertz CT molecular complexity index is 1560. The average Bonchev–Trinajstić information content (AvgIpc) is 3.31. The minimum absolute atomic E-state index is 0.0879. The van der Waals surface area contributed by atoms with Gasteiger partial charge in [-0.2, -0.15) is 43.9 Å². The van der Waals surface area contributed by atoms with Crippen LogP contribution in [-0.4, -0.2) is 41.4 Å². The van der Waals surface area contributed by atoms with Gasteiger partial charge in [-0.05, 0) is 36.4 Å². The summed E-state index contributed by atoms with van der Waals surface area (Å²) in [6.07, 6.45) is -12.2. The molecule has 1 amide bonds. The lowest BCUT2D eigenvalue weighted by molar-refractivity contribution is -0.514. The number of aromatic nitrogens is 3. The molecule has 3 heterocycles. The molecule has 1 aromatic carbocycles. The third-order valence-corrected chi connectivity index (χ3v) is 5.06. The summed E-state index contributed by atoms with van der Waals surface area (Å²) in [6, 6.07) is 12.7. The van der Waals surface area contributed by atoms with Crippen LogP contribution in [0.15, 0.2) is 73.1 Å². The fraction of sp³-hybridized carbons (Fsp3) is 0.160. The van der Waals surface area contributed by atoms with Gasteiger partial charge in [-0.15, -0.1) is 0 Å². The lowest BCUT2D eigenvalue weighted by Crippen LogP contribution is -2.44. The van der Waals surface area contributed by atoms with Crippen molar-refractivity contribution in [3.05, 3.63) is 90.4 Å². The number of pyridine rings is 2. The Labute approximate surface area is 238 Å². The van der Waals surface area contributed by atoms with Crippen LogP contribution in [0.4, 0.5) is 43.9 Å². The van der Waals surface area contributed by atoms with Crippen LogP contribution in [0.2, 0.25) is 0 Å². The molecule has 0 bridgehead atoms. The second-order valence-electron chi connectivity index (χ2n) is 8.15. The van der Waals surface area contributed by atoms with Gasteiger partial charge >= 0.3 is 30.3 Å². The summed E-state index contributed by atoms with van der Waals surface area (Å²) in [5.74, 6) is -7.47. The molecule has 0 spiro atoms. The number of nitrogens with zero attached hydrogens (tertiary/aromatic N) is 1. The fourth-order valence-electron chi connectivity index (χ4n) is 3.21. The maximum absolute atomic E-state index is 13.6. The average molecular weight is 642 g/mol. The normalized spacial score (nSPS) is 12.2. The van der Waals surface area contributed by atoms with Crippen molar-refractivity contribution in [1.82, 2.24) is 10.3 Å². The number of imidazole rings is 1. The topological polar surface area (TPSA) is 143 Å². The first-order chi connectivity index (χ1) is 20.2. The maximum Gasteiger partial charge on any atom is 0.430 e. The van der Waals surface area contributed by atoms with Crippen LogP contribution in [0.1, 0.15) is 22.4 Å². The van der Waals surface area contributed by atoms with E-state index >= 15 is 0 Å². The summed E-state index contributed by atoms with van der Waals surface area (Å²) in [5, 5.41) is 19.6. The van der Waals surface area contributed by atoms with Gasteiger partial charge in [0.15, 0.2) is 17.4 Å². The Morgan fingerprint density at radius 2 is 1.32 bits per heavy atom. The summed E-state index contributed by atoms with van der Waals surface area (Å²) >= 11 is 0. The zero-order chi connectivity index (χ0) is 33.5. The Hall–Kier alpha value is -5.23. The van der Waals surface area contributed by atoms with Crippen LogP contribution in [0.25, 0.3) is 16.8 Å². The molecular formula is C25H16F10N4O5. The smallest absolute Gasteiger partial charge is 0.430 e. The number of carbonyl (C=O) groups is 3. The van der Waals surface area contributed by atoms with Crippen molar-refractivity contribution in [3.8, 4) is 11.3 Å². The molecule has 44 heavy (non-hydrogen) atoms. The van der Waals surface area contributed by atoms with E-state index in [0.29, 0.717) is 16.8 Å². The quantitative estimate of drug-likeness (QED) is 0.259. The molecule has 1 atom stereocenters. The van der Waals surface area contributed by atoms with Gasteiger partial charge in [-0.1, -0.05) is 12.1 Å². The molecule has 0 saturated heterocycles. The number of fused-ring (bicyclic) bond motifs is 1. The van der Waals surface area contributed by atoms with Crippen molar-refractivity contribution < 1.29 is 77.9 Å². The minimum Gasteiger partial charge on any atom is -0.542 e. The second kappa shape index (κ2) is 13.8. The summed E-state index contributed by atoms with van der Waals surface area (Å²) in [4.78, 5) is 35.8. The highest BCUT2D eigenvalue weighted by Crippen LogP contribution is 2.31. The summed E-state index contributed by atoms with van der Waals surface area (Å²) < 4.78 is 119. The number of carboxylic acids is 2. The summed E-state index contributed by atoms with van der Waals surface area (Å²) in [6.45, 7) is 0. The fourth-order valence-corrected chi connectivity index (χ4v) is 3.21. The number of aromatic amines is 2. The van der Waals surface area contributed by atoms with E-state index in [1.54, 1.807) is 30.5 Å². The lowest BCUT2D eigenvalue weighted by atomic mass is 10.1. The number of nitrogens with one attached hydrogen (secondary N) is 3. The molecule has 0 fully saturated rings. The van der Waals surface area contributed by atoms with E-state index in [1.807, 2.05) is 5.32 Å². The third-order valence-electron chi connectivity index (χ3n) is 5.06. The van der Waals surface area contributed by atoms with Gasteiger partial charge in [0.2, 0.25) is 11.7 Å². The van der Waals surface area contributed by atoms with E-state index in [2.05, 4.69) is 9.97 Å². The molecule has 0 aliphatic carbocycles. The Balaban J connectivity index is 0.000000402. The number of hydrogen-bond acceptors (Lipinski definition) is 5. The summed E-state index contributed by atoms with van der Waals surface area (Å²) in [7, 11) is 0. The molecule has 19 heteroatoms. The number of rotatable bonds is 4. The van der Waals surface area contributed by atoms with E-state index < -0.39 is 48.2 Å².